The van der Waals surface area contributed by atoms with E-state index in [2.05, 4.69) is 11.2 Å². The Labute approximate surface area is 116 Å². The number of aliphatic hydroxyl groups is 1. The normalized spacial score (nSPS) is 17.6. The van der Waals surface area contributed by atoms with Crippen LogP contribution in [0.3, 0.4) is 0 Å². The minimum absolute atomic E-state index is 0.0191. The van der Waals surface area contributed by atoms with Gasteiger partial charge in [-0.3, -0.25) is 0 Å². The van der Waals surface area contributed by atoms with Gasteiger partial charge in [-0.05, 0) is 18.6 Å². The van der Waals surface area contributed by atoms with E-state index < -0.39 is 11.9 Å². The average Bonchev–Trinajstić information content (AvgIpc) is 2.85. The van der Waals surface area contributed by atoms with Gasteiger partial charge in [0.15, 0.2) is 0 Å². The molecule has 2 amide bonds. The molecule has 20 heavy (non-hydrogen) atoms. The van der Waals surface area contributed by atoms with Crippen molar-refractivity contribution in [2.45, 2.75) is 12.5 Å². The highest BCUT2D eigenvalue weighted by atomic mass is 19.1. The lowest BCUT2D eigenvalue weighted by Crippen LogP contribution is -2.33. The Kier molecular flexibility index (Phi) is 4.43. The fraction of sp³-hybridized carbons (Fsp3) is 0.357. The number of nitrogens with one attached hydrogen (secondary N) is 1. The van der Waals surface area contributed by atoms with Gasteiger partial charge in [0.2, 0.25) is 0 Å². The largest absolute Gasteiger partial charge is 0.479 e. The van der Waals surface area contributed by atoms with Crippen molar-refractivity contribution >= 4 is 11.7 Å². The molecule has 1 aliphatic heterocycles. The number of ether oxygens (including phenoxy) is 1. The smallest absolute Gasteiger partial charge is 0.322 e. The number of anilines is 1. The Bertz CT molecular complexity index is 542. The number of likely N-dealkylation sites (tertiary alicyclic amines) is 1. The van der Waals surface area contributed by atoms with Gasteiger partial charge < -0.3 is 20.1 Å². The van der Waals surface area contributed by atoms with Crippen LogP contribution in [0.25, 0.3) is 0 Å². The van der Waals surface area contributed by atoms with E-state index in [4.69, 9.17) is 11.2 Å². The molecule has 1 heterocycles. The van der Waals surface area contributed by atoms with Crippen molar-refractivity contribution in [3.05, 3.63) is 24.0 Å². The van der Waals surface area contributed by atoms with Crippen LogP contribution in [0.4, 0.5) is 14.9 Å². The second-order valence-electron chi connectivity index (χ2n) is 4.45. The van der Waals surface area contributed by atoms with Crippen molar-refractivity contribution in [1.82, 2.24) is 4.90 Å². The molecule has 1 atom stereocenters. The molecule has 2 N–H and O–H groups in total. The number of carbonyl (C=O) groups excluding carboxylic acids is 1. The first-order valence-electron chi connectivity index (χ1n) is 6.20. The van der Waals surface area contributed by atoms with Crippen LogP contribution >= 0.6 is 0 Å². The number of rotatable bonds is 3. The van der Waals surface area contributed by atoms with E-state index >= 15 is 0 Å². The maximum absolute atomic E-state index is 13.2. The van der Waals surface area contributed by atoms with Crippen LogP contribution in [-0.2, 0) is 0 Å². The molecule has 0 bridgehead atoms. The molecule has 1 saturated heterocycles. The third kappa shape index (κ3) is 3.39. The molecule has 1 aromatic rings. The fourth-order valence-electron chi connectivity index (χ4n) is 1.96. The van der Waals surface area contributed by atoms with E-state index in [-0.39, 0.29) is 24.9 Å². The Morgan fingerprint density at radius 2 is 2.45 bits per heavy atom. The third-order valence-corrected chi connectivity index (χ3v) is 2.95. The summed E-state index contributed by atoms with van der Waals surface area (Å²) in [6.45, 7) is 0.747. The van der Waals surface area contributed by atoms with Gasteiger partial charge in [0.25, 0.3) is 0 Å². The van der Waals surface area contributed by atoms with Gasteiger partial charge in [0, 0.05) is 19.2 Å². The SMILES string of the molecule is C#CCOc1cc(F)ccc1NC(=O)N1CC[C@H](O)C1. The van der Waals surface area contributed by atoms with Crippen LogP contribution in [0.5, 0.6) is 5.75 Å². The molecule has 5 nitrogen and oxygen atoms in total. The first kappa shape index (κ1) is 14.2. The number of β-amino-alcohol motifs (C(OH)–C–C–N with tert-alkyl or cyclic N) is 1. The predicted molar refractivity (Wildman–Crippen MR) is 71.9 cm³/mol. The number of carbonyl (C=O) groups is 1. The molecule has 0 unspecified atom stereocenters. The summed E-state index contributed by atoms with van der Waals surface area (Å²) in [5, 5.41) is 12.0. The van der Waals surface area contributed by atoms with Crippen LogP contribution in [-0.4, -0.2) is 41.8 Å². The van der Waals surface area contributed by atoms with Crippen LogP contribution < -0.4 is 10.1 Å². The zero-order valence-corrected chi connectivity index (χ0v) is 10.8. The van der Waals surface area contributed by atoms with E-state index in [1.54, 1.807) is 0 Å². The summed E-state index contributed by atoms with van der Waals surface area (Å²) in [6, 6.07) is 3.42. The molecule has 0 radical (unpaired) electrons. The molecule has 0 spiro atoms. The monoisotopic (exact) mass is 278 g/mol. The van der Waals surface area contributed by atoms with Crippen molar-refractivity contribution in [1.29, 1.82) is 0 Å². The van der Waals surface area contributed by atoms with Crippen LogP contribution in [0.15, 0.2) is 18.2 Å². The Morgan fingerprint density at radius 3 is 3.10 bits per heavy atom. The van der Waals surface area contributed by atoms with E-state index in [1.165, 1.54) is 17.0 Å². The van der Waals surface area contributed by atoms with Crippen molar-refractivity contribution in [3.63, 3.8) is 0 Å². The molecule has 2 rings (SSSR count). The molecule has 1 aromatic carbocycles. The summed E-state index contributed by atoms with van der Waals surface area (Å²) in [4.78, 5) is 13.5. The topological polar surface area (TPSA) is 61.8 Å². The minimum atomic E-state index is -0.494. The van der Waals surface area contributed by atoms with Gasteiger partial charge in [-0.15, -0.1) is 6.42 Å². The quantitative estimate of drug-likeness (QED) is 0.822. The number of hydrogen-bond donors (Lipinski definition) is 2. The number of halogens is 1. The van der Waals surface area contributed by atoms with E-state index in [1.807, 2.05) is 0 Å². The Hall–Kier alpha value is -2.26. The van der Waals surface area contributed by atoms with Crippen LogP contribution in [0, 0.1) is 18.2 Å². The first-order chi connectivity index (χ1) is 9.60. The molecule has 6 heteroatoms. The zero-order valence-electron chi connectivity index (χ0n) is 10.8. The maximum Gasteiger partial charge on any atom is 0.322 e. The van der Waals surface area contributed by atoms with Crippen molar-refractivity contribution in [2.24, 2.45) is 0 Å². The molecule has 0 aliphatic carbocycles. The van der Waals surface area contributed by atoms with E-state index in [0.717, 1.165) is 6.07 Å². The summed E-state index contributed by atoms with van der Waals surface area (Å²) in [5.41, 5.74) is 0.341. The zero-order chi connectivity index (χ0) is 14.5. The second-order valence-corrected chi connectivity index (χ2v) is 4.45. The first-order valence-corrected chi connectivity index (χ1v) is 6.20. The highest BCUT2D eigenvalue weighted by Gasteiger charge is 2.25. The second kappa shape index (κ2) is 6.26. The molecule has 1 aliphatic rings. The summed E-state index contributed by atoms with van der Waals surface area (Å²) in [6.07, 6.45) is 5.15. The van der Waals surface area contributed by atoms with Crippen molar-refractivity contribution < 1.29 is 19.0 Å². The van der Waals surface area contributed by atoms with Crippen molar-refractivity contribution in [3.8, 4) is 18.1 Å². The standard InChI is InChI=1S/C14H15FN2O3/c1-2-7-20-13-8-10(15)3-4-12(13)16-14(19)17-6-5-11(18)9-17/h1,3-4,8,11,18H,5-7,9H2,(H,16,19)/t11-/m0/s1. The van der Waals surface area contributed by atoms with Crippen LogP contribution in [0.1, 0.15) is 6.42 Å². The van der Waals surface area contributed by atoms with E-state index in [0.29, 0.717) is 18.7 Å². The number of nitrogens with zero attached hydrogens (tertiary/aromatic N) is 1. The molecule has 106 valence electrons. The molecule has 0 aromatic heterocycles. The summed E-state index contributed by atoms with van der Waals surface area (Å²) in [7, 11) is 0. The number of benzene rings is 1. The Morgan fingerprint density at radius 1 is 1.65 bits per heavy atom. The van der Waals surface area contributed by atoms with Crippen LogP contribution in [0.2, 0.25) is 0 Å². The van der Waals surface area contributed by atoms with Gasteiger partial charge in [-0.1, -0.05) is 5.92 Å². The number of hydrogen-bond acceptors (Lipinski definition) is 3. The number of amides is 2. The lowest BCUT2D eigenvalue weighted by atomic mass is 10.3. The minimum Gasteiger partial charge on any atom is -0.479 e. The number of terminal acetylenes is 1. The molecular weight excluding hydrogens is 263 g/mol. The highest BCUT2D eigenvalue weighted by Crippen LogP contribution is 2.26. The van der Waals surface area contributed by atoms with Gasteiger partial charge in [0.1, 0.15) is 18.2 Å². The van der Waals surface area contributed by atoms with Crippen molar-refractivity contribution in [2.75, 3.05) is 25.0 Å². The van der Waals surface area contributed by atoms with Gasteiger partial charge >= 0.3 is 6.03 Å². The summed E-state index contributed by atoms with van der Waals surface area (Å²) in [5.74, 6) is 1.97. The predicted octanol–water partition coefficient (Wildman–Crippen LogP) is 1.44. The molecular formula is C14H15FN2O3. The lowest BCUT2D eigenvalue weighted by molar-refractivity contribution is 0.176. The third-order valence-electron chi connectivity index (χ3n) is 2.95. The summed E-state index contributed by atoms with van der Waals surface area (Å²) < 4.78 is 18.4. The maximum atomic E-state index is 13.2. The average molecular weight is 278 g/mol. The number of aliphatic hydroxyl groups excluding tert-OH is 1. The highest BCUT2D eigenvalue weighted by molar-refractivity contribution is 5.91. The molecule has 1 fully saturated rings. The fourth-order valence-corrected chi connectivity index (χ4v) is 1.96. The Balaban J connectivity index is 2.08. The van der Waals surface area contributed by atoms with Gasteiger partial charge in [-0.25, -0.2) is 9.18 Å². The molecule has 0 saturated carbocycles. The lowest BCUT2D eigenvalue weighted by Gasteiger charge is -2.18. The van der Waals surface area contributed by atoms with Gasteiger partial charge in [0.05, 0.1) is 11.8 Å². The van der Waals surface area contributed by atoms with Gasteiger partial charge in [-0.2, -0.15) is 0 Å². The van der Waals surface area contributed by atoms with E-state index in [9.17, 15) is 14.3 Å². The summed E-state index contributed by atoms with van der Waals surface area (Å²) >= 11 is 0. The number of urea groups is 1.